The van der Waals surface area contributed by atoms with Gasteiger partial charge in [-0.25, -0.2) is 19.9 Å². The van der Waals surface area contributed by atoms with Crippen molar-refractivity contribution >= 4 is 161 Å². The highest BCUT2D eigenvalue weighted by Gasteiger charge is 2.30. The van der Waals surface area contributed by atoms with Crippen molar-refractivity contribution in [2.75, 3.05) is 231 Å². The van der Waals surface area contributed by atoms with Gasteiger partial charge in [0.05, 0.1) is 233 Å². The number of hydrogen-bond donors (Lipinski definition) is 4. The number of benzene rings is 6. The Labute approximate surface area is 784 Å². The zero-order valence-corrected chi connectivity index (χ0v) is 78.3. The number of thiophene rings is 2. The lowest BCUT2D eigenvalue weighted by Gasteiger charge is -2.16. The fraction of sp³-hybridized carbons (Fsp3) is 0.422. The molecule has 40 heteroatoms. The lowest BCUT2D eigenvalue weighted by Crippen LogP contribution is -2.13. The lowest BCUT2D eigenvalue weighted by molar-refractivity contribution is -0.134. The molecule has 0 spiro atoms. The summed E-state index contributed by atoms with van der Waals surface area (Å²) in [6.45, 7) is 14.4. The zero-order valence-electron chi connectivity index (χ0n) is 71.8. The van der Waals surface area contributed by atoms with E-state index in [9.17, 15) is 19.2 Å². The third-order valence-corrected chi connectivity index (χ3v) is 25.7. The molecule has 130 heavy (non-hydrogen) atoms. The Morgan fingerprint density at radius 2 is 0.485 bits per heavy atom. The molecule has 12 aromatic rings. The molecule has 12 rings (SSSR count). The Kier molecular flexibility index (Phi) is 42.7. The van der Waals surface area contributed by atoms with Gasteiger partial charge in [-0.05, 0) is 135 Å². The standard InChI is InChI=1S/C90H102N8O24S8/c1-59-3-20-69(127-59)76-86-87(94-84(64-10-18-68(19-11-64)122-46-42-114-30-26-110-34-38-118-50-54-126-58-75(105)106)83(93-86)63-8-16-67(17-9-63)121-45-41-113-29-25-109-33-37-117-49-53-125-57-74(103)104)78(90-89(76)97-130-98-90)71-22-21-70(128-71)77-85-79(60(2)80-88(77)96-129-95-80)91-81(61-4-12-65(13-5-61)119-43-39-111-27-23-107-31-35-115-47-51-123-55-72(99)100)82(92-85)62-6-14-66(15-7-62)120-44-40-112-28-24-108-32-36-116-48-52-124-56-73(101)102/h3-22H,23-58H2,1-2H3,(H,99,100)(H,101,102)(H,103,104)(H,105,106). The highest BCUT2D eigenvalue weighted by molar-refractivity contribution is 8.00. The number of ether oxygens (including phenoxy) is 16. The first-order valence-corrected chi connectivity index (χ1v) is 49.6. The average Bonchev–Trinajstić information content (AvgIpc) is 1.49. The second-order valence-electron chi connectivity index (χ2n) is 28.1. The van der Waals surface area contributed by atoms with Crippen LogP contribution in [0.3, 0.4) is 0 Å². The van der Waals surface area contributed by atoms with E-state index >= 15 is 0 Å². The van der Waals surface area contributed by atoms with Crippen LogP contribution >= 0.6 is 93.2 Å². The molecule has 0 radical (unpaired) electrons. The molecule has 6 heterocycles. The number of nitrogens with zero attached hydrogens (tertiary/aromatic N) is 8. The van der Waals surface area contributed by atoms with E-state index in [0.717, 1.165) is 87.5 Å². The Hall–Kier alpha value is -8.96. The number of aromatic nitrogens is 8. The molecule has 0 atom stereocenters. The predicted molar refractivity (Wildman–Crippen MR) is 510 cm³/mol. The molecular weight excluding hydrogens is 1830 g/mol. The summed E-state index contributed by atoms with van der Waals surface area (Å²) in [5.41, 5.74) is 13.7. The number of thioether (sulfide) groups is 4. The van der Waals surface area contributed by atoms with Gasteiger partial charge in [-0.1, -0.05) is 0 Å². The Balaban J connectivity index is 0.823. The van der Waals surface area contributed by atoms with Crippen LogP contribution in [0.15, 0.2) is 121 Å². The lowest BCUT2D eigenvalue weighted by atomic mass is 9.99. The van der Waals surface area contributed by atoms with Crippen LogP contribution in [0.25, 0.3) is 120 Å². The van der Waals surface area contributed by atoms with E-state index < -0.39 is 23.9 Å². The molecule has 0 saturated heterocycles. The molecule has 0 bridgehead atoms. The van der Waals surface area contributed by atoms with Crippen molar-refractivity contribution in [3.05, 3.63) is 132 Å². The molecule has 0 saturated carbocycles. The van der Waals surface area contributed by atoms with Gasteiger partial charge in [-0.2, -0.15) is 17.5 Å². The Morgan fingerprint density at radius 3 is 0.746 bits per heavy atom. The number of aliphatic carboxylic acids is 4. The monoisotopic (exact) mass is 1930 g/mol. The molecule has 0 aliphatic carbocycles. The van der Waals surface area contributed by atoms with Crippen LogP contribution in [0.4, 0.5) is 0 Å². The Morgan fingerprint density at radius 1 is 0.262 bits per heavy atom. The predicted octanol–water partition coefficient (Wildman–Crippen LogP) is 15.0. The van der Waals surface area contributed by atoms with Crippen LogP contribution in [-0.2, 0) is 76.0 Å². The van der Waals surface area contributed by atoms with E-state index in [2.05, 4.69) is 31.2 Å². The number of carbonyl (C=O) groups is 4. The van der Waals surface area contributed by atoms with Crippen LogP contribution in [0, 0.1) is 13.8 Å². The maximum Gasteiger partial charge on any atom is 0.313 e. The summed E-state index contributed by atoms with van der Waals surface area (Å²) in [4.78, 5) is 69.7. The molecule has 694 valence electrons. The van der Waals surface area contributed by atoms with Crippen LogP contribution in [0.5, 0.6) is 23.0 Å². The van der Waals surface area contributed by atoms with Gasteiger partial charge in [-0.3, -0.25) is 19.2 Å². The van der Waals surface area contributed by atoms with Gasteiger partial charge < -0.3 is 96.2 Å². The third kappa shape index (κ3) is 31.6. The average molecular weight is 1940 g/mol. The molecule has 0 aliphatic rings. The Bertz CT molecular complexity index is 5500. The molecule has 6 aromatic carbocycles. The summed E-state index contributed by atoms with van der Waals surface area (Å²) in [5.74, 6) is 1.63. The largest absolute Gasteiger partial charge is 0.491 e. The van der Waals surface area contributed by atoms with Crippen molar-refractivity contribution in [2.45, 2.75) is 13.8 Å². The second kappa shape index (κ2) is 55.5. The van der Waals surface area contributed by atoms with Gasteiger partial charge in [0.2, 0.25) is 0 Å². The summed E-state index contributed by atoms with van der Waals surface area (Å²) in [5, 5.41) is 35.4. The minimum atomic E-state index is -0.850. The fourth-order valence-corrected chi connectivity index (χ4v) is 18.3. The van der Waals surface area contributed by atoms with Crippen LogP contribution in [-0.4, -0.2) is 313 Å². The van der Waals surface area contributed by atoms with Gasteiger partial charge in [0.15, 0.2) is 0 Å². The van der Waals surface area contributed by atoms with Crippen molar-refractivity contribution < 1.29 is 115 Å². The first-order valence-electron chi connectivity index (χ1n) is 41.9. The summed E-state index contributed by atoms with van der Waals surface area (Å²) in [7, 11) is 0. The van der Waals surface area contributed by atoms with Crippen molar-refractivity contribution in [3.63, 3.8) is 0 Å². The first kappa shape index (κ1) is 100. The van der Waals surface area contributed by atoms with Gasteiger partial charge in [0, 0.05) is 87.0 Å². The second-order valence-corrected chi connectivity index (χ2v) is 36.0. The molecule has 0 fully saturated rings. The topological polar surface area (TPSA) is 400 Å². The van der Waals surface area contributed by atoms with Crippen molar-refractivity contribution in [3.8, 4) is 99.3 Å². The number of carboxylic acids is 4. The maximum atomic E-state index is 10.8. The summed E-state index contributed by atoms with van der Waals surface area (Å²) in [6.07, 6.45) is 0. The molecule has 32 nitrogen and oxygen atoms in total. The number of hydrogen-bond acceptors (Lipinski definition) is 36. The maximum absolute atomic E-state index is 10.8. The summed E-state index contributed by atoms with van der Waals surface area (Å²) in [6, 6.07) is 39.4. The van der Waals surface area contributed by atoms with E-state index in [1.807, 2.05) is 104 Å². The number of aryl methyl sites for hydroxylation is 2. The van der Waals surface area contributed by atoms with E-state index in [4.69, 9.17) is 134 Å². The van der Waals surface area contributed by atoms with Crippen LogP contribution in [0.1, 0.15) is 10.4 Å². The van der Waals surface area contributed by atoms with Crippen molar-refractivity contribution in [1.82, 2.24) is 37.4 Å². The van der Waals surface area contributed by atoms with E-state index in [0.29, 0.717) is 278 Å². The minimum absolute atomic E-state index is 0.0408. The van der Waals surface area contributed by atoms with E-state index in [1.54, 1.807) is 22.7 Å². The van der Waals surface area contributed by atoms with Gasteiger partial charge in [0.25, 0.3) is 0 Å². The van der Waals surface area contributed by atoms with Crippen LogP contribution < -0.4 is 18.9 Å². The quantitative estimate of drug-likeness (QED) is 0.0257. The number of rotatable bonds is 67. The third-order valence-electron chi connectivity index (χ3n) is 18.8. The van der Waals surface area contributed by atoms with Gasteiger partial charge in [-0.15, -0.1) is 69.7 Å². The number of fused-ring (bicyclic) bond motifs is 4. The highest BCUT2D eigenvalue weighted by atomic mass is 32.2. The highest BCUT2D eigenvalue weighted by Crippen LogP contribution is 2.50. The van der Waals surface area contributed by atoms with E-state index in [1.165, 1.54) is 47.0 Å². The fourth-order valence-electron chi connectivity index (χ4n) is 12.9. The van der Waals surface area contributed by atoms with Crippen LogP contribution in [0.2, 0.25) is 0 Å². The molecule has 0 amide bonds. The minimum Gasteiger partial charge on any atom is -0.491 e. The smallest absolute Gasteiger partial charge is 0.313 e. The molecule has 0 aliphatic heterocycles. The number of carboxylic acid groups (broad SMARTS) is 4. The van der Waals surface area contributed by atoms with Crippen molar-refractivity contribution in [2.24, 2.45) is 0 Å². The summed E-state index contributed by atoms with van der Waals surface area (Å²) < 4.78 is 113. The van der Waals surface area contributed by atoms with E-state index in [-0.39, 0.29) is 42.8 Å². The first-order chi connectivity index (χ1) is 63.7. The SMILES string of the molecule is Cc1ccc(-c2c3nsnc3c(-c3ccc(-c4c5nsnc5c(C)c5nc(-c6ccc(OCCOCCOCCOCCSCC(=O)O)cc6)c(-c6ccc(OCCOCCOCCOCCSCC(=O)O)cc6)nc45)s3)c3nc(-c4ccc(OCCOCCOCCOCCSCC(=O)O)cc4)c(-c4ccc(OCCOCCOCCOCCSCC(=O)O)cc4)nc23)s1. The zero-order chi connectivity index (χ0) is 90.7. The van der Waals surface area contributed by atoms with Gasteiger partial charge >= 0.3 is 23.9 Å². The molecule has 6 aromatic heterocycles. The molecular formula is C90H102N8O24S8. The molecule has 4 N–H and O–H groups in total. The summed E-state index contributed by atoms with van der Waals surface area (Å²) >= 11 is 10.6. The van der Waals surface area contributed by atoms with Crippen molar-refractivity contribution in [1.29, 1.82) is 0 Å². The normalized spacial score (nSPS) is 11.6. The van der Waals surface area contributed by atoms with Gasteiger partial charge in [0.1, 0.15) is 88.0 Å². The molecule has 0 unspecified atom stereocenters.